The van der Waals surface area contributed by atoms with Crippen LogP contribution in [0.3, 0.4) is 0 Å². The standard InChI is InChI=1S/C4H8N2S4.H3N.Na/c5-3(7)9-1-2-10-4(6)8;;/h1-2H2,(H2,5,7)(H2,6,8);1H3;/q;;+1. The van der Waals surface area contributed by atoms with Crippen molar-refractivity contribution in [3.8, 4) is 0 Å². The van der Waals surface area contributed by atoms with Gasteiger partial charge in [-0.15, -0.1) is 0 Å². The van der Waals surface area contributed by atoms with Crippen LogP contribution in [-0.2, 0) is 0 Å². The molecule has 66 valence electrons. The van der Waals surface area contributed by atoms with Gasteiger partial charge in [-0.05, 0) is 0 Å². The minimum absolute atomic E-state index is 0. The van der Waals surface area contributed by atoms with Crippen LogP contribution in [0.15, 0.2) is 0 Å². The van der Waals surface area contributed by atoms with Gasteiger partial charge in [0.2, 0.25) is 0 Å². The van der Waals surface area contributed by atoms with Crippen molar-refractivity contribution in [2.75, 3.05) is 11.5 Å². The number of thioether (sulfide) groups is 2. The molecule has 0 aromatic carbocycles. The fourth-order valence-electron chi connectivity index (χ4n) is 0.285. The molecule has 0 rings (SSSR count). The number of hydrogen-bond acceptors (Lipinski definition) is 5. The monoisotopic (exact) mass is 252 g/mol. The van der Waals surface area contributed by atoms with E-state index in [9.17, 15) is 0 Å². The minimum atomic E-state index is 0. The molecule has 0 saturated carbocycles. The molecular formula is C4H11N3NaS4+. The smallest absolute Gasteiger partial charge is 0.385 e. The van der Waals surface area contributed by atoms with Gasteiger partial charge in [0, 0.05) is 11.5 Å². The summed E-state index contributed by atoms with van der Waals surface area (Å²) in [6.45, 7) is 0. The van der Waals surface area contributed by atoms with Crippen LogP contribution in [0.5, 0.6) is 0 Å². The van der Waals surface area contributed by atoms with Gasteiger partial charge < -0.3 is 17.6 Å². The first-order valence-electron chi connectivity index (χ1n) is 2.47. The van der Waals surface area contributed by atoms with Gasteiger partial charge in [-0.25, -0.2) is 0 Å². The second kappa shape index (κ2) is 12.4. The van der Waals surface area contributed by atoms with Crippen LogP contribution < -0.4 is 47.2 Å². The predicted octanol–water partition coefficient (Wildman–Crippen LogP) is -1.89. The van der Waals surface area contributed by atoms with Crippen molar-refractivity contribution in [3.63, 3.8) is 0 Å². The first kappa shape index (κ1) is 19.1. The Hall–Kier alpha value is 1.44. The van der Waals surface area contributed by atoms with Gasteiger partial charge in [0.25, 0.3) is 0 Å². The van der Waals surface area contributed by atoms with Gasteiger partial charge in [-0.1, -0.05) is 48.0 Å². The maximum absolute atomic E-state index is 5.23. The molecule has 0 aliphatic carbocycles. The molecule has 0 fully saturated rings. The van der Waals surface area contributed by atoms with Crippen LogP contribution in [0, 0.1) is 0 Å². The Bertz CT molecular complexity index is 126. The van der Waals surface area contributed by atoms with Crippen LogP contribution in [-0.4, -0.2) is 20.1 Å². The Morgan fingerprint density at radius 2 is 1.25 bits per heavy atom. The number of thiocarbonyl (C=S) groups is 2. The van der Waals surface area contributed by atoms with Crippen LogP contribution in [0.25, 0.3) is 0 Å². The molecule has 0 aromatic rings. The van der Waals surface area contributed by atoms with E-state index in [1.807, 2.05) is 0 Å². The van der Waals surface area contributed by atoms with Crippen molar-refractivity contribution < 1.29 is 29.6 Å². The van der Waals surface area contributed by atoms with E-state index >= 15 is 0 Å². The van der Waals surface area contributed by atoms with Crippen molar-refractivity contribution in [2.24, 2.45) is 11.5 Å². The summed E-state index contributed by atoms with van der Waals surface area (Å²) < 4.78 is 0.951. The van der Waals surface area contributed by atoms with E-state index in [0.717, 1.165) is 11.5 Å². The molecule has 0 aliphatic heterocycles. The molecule has 0 radical (unpaired) electrons. The predicted molar refractivity (Wildman–Crippen MR) is 63.5 cm³/mol. The molecule has 0 bridgehead atoms. The van der Waals surface area contributed by atoms with Crippen LogP contribution in [0.4, 0.5) is 0 Å². The summed E-state index contributed by atoms with van der Waals surface area (Å²) in [5.41, 5.74) is 10.5. The first-order chi connectivity index (χ1) is 4.63. The van der Waals surface area contributed by atoms with Crippen LogP contribution in [0.2, 0.25) is 0 Å². The maximum Gasteiger partial charge on any atom is 1.00 e. The molecule has 0 unspecified atom stereocenters. The Morgan fingerprint density at radius 3 is 1.42 bits per heavy atom. The van der Waals surface area contributed by atoms with Gasteiger partial charge in [0.1, 0.15) is 8.64 Å². The normalized spacial score (nSPS) is 7.67. The Labute approximate surface area is 114 Å². The van der Waals surface area contributed by atoms with E-state index in [4.69, 9.17) is 11.5 Å². The molecule has 0 amide bonds. The maximum atomic E-state index is 5.23. The summed E-state index contributed by atoms with van der Waals surface area (Å²) in [6.07, 6.45) is 0. The van der Waals surface area contributed by atoms with Crippen molar-refractivity contribution in [1.82, 2.24) is 6.15 Å². The Balaban J connectivity index is -0.000000405. The zero-order valence-corrected chi connectivity index (χ0v) is 12.2. The largest absolute Gasteiger partial charge is 1.00 e. The van der Waals surface area contributed by atoms with Crippen molar-refractivity contribution in [2.45, 2.75) is 0 Å². The molecule has 0 aliphatic rings. The Morgan fingerprint density at radius 1 is 1.00 bits per heavy atom. The molecule has 3 nitrogen and oxygen atoms in total. The molecule has 0 atom stereocenters. The van der Waals surface area contributed by atoms with Gasteiger partial charge in [0.15, 0.2) is 0 Å². The third-order valence-corrected chi connectivity index (χ3v) is 2.92. The SMILES string of the molecule is N.NC(=S)SCCSC(N)=S.[Na+]. The second-order valence-electron chi connectivity index (χ2n) is 1.33. The van der Waals surface area contributed by atoms with E-state index in [-0.39, 0.29) is 35.7 Å². The number of nitrogens with two attached hydrogens (primary N) is 2. The zero-order valence-electron chi connectivity index (χ0n) is 6.91. The van der Waals surface area contributed by atoms with Crippen molar-refractivity contribution >= 4 is 56.6 Å². The third-order valence-electron chi connectivity index (χ3n) is 0.572. The summed E-state index contributed by atoms with van der Waals surface area (Å²) in [7, 11) is 0. The molecule has 0 aromatic heterocycles. The van der Waals surface area contributed by atoms with E-state index in [0.29, 0.717) is 8.64 Å². The van der Waals surface area contributed by atoms with Crippen molar-refractivity contribution in [3.05, 3.63) is 0 Å². The summed E-state index contributed by atoms with van der Waals surface area (Å²) in [5.74, 6) is 1.74. The minimum Gasteiger partial charge on any atom is -0.385 e. The van der Waals surface area contributed by atoms with Gasteiger partial charge in [-0.2, -0.15) is 0 Å². The molecule has 0 saturated heterocycles. The summed E-state index contributed by atoms with van der Waals surface area (Å²) >= 11 is 12.2. The molecule has 12 heavy (non-hydrogen) atoms. The Kier molecular flexibility index (Phi) is 19.8. The molecule has 7 N–H and O–H groups in total. The van der Waals surface area contributed by atoms with E-state index < -0.39 is 0 Å². The van der Waals surface area contributed by atoms with Gasteiger partial charge in [-0.3, -0.25) is 0 Å². The quantitative estimate of drug-likeness (QED) is 0.307. The molecule has 0 heterocycles. The number of rotatable bonds is 3. The topological polar surface area (TPSA) is 87.0 Å². The number of hydrogen-bond donors (Lipinski definition) is 3. The van der Waals surface area contributed by atoms with E-state index in [2.05, 4.69) is 24.4 Å². The van der Waals surface area contributed by atoms with E-state index in [1.165, 1.54) is 23.5 Å². The molecular weight excluding hydrogens is 241 g/mol. The first-order valence-corrected chi connectivity index (χ1v) is 5.26. The zero-order chi connectivity index (χ0) is 7.98. The average Bonchev–Trinajstić information content (AvgIpc) is 1.79. The third kappa shape index (κ3) is 17.5. The summed E-state index contributed by atoms with van der Waals surface area (Å²) in [4.78, 5) is 0. The van der Waals surface area contributed by atoms with Crippen LogP contribution in [0.1, 0.15) is 0 Å². The summed E-state index contributed by atoms with van der Waals surface area (Å²) in [6, 6.07) is 0. The van der Waals surface area contributed by atoms with Crippen molar-refractivity contribution in [1.29, 1.82) is 0 Å². The van der Waals surface area contributed by atoms with E-state index in [1.54, 1.807) is 0 Å². The van der Waals surface area contributed by atoms with Crippen LogP contribution >= 0.6 is 48.0 Å². The molecule has 0 spiro atoms. The summed E-state index contributed by atoms with van der Waals surface area (Å²) in [5, 5.41) is 0. The average molecular weight is 252 g/mol. The molecule has 8 heteroatoms. The fourth-order valence-corrected chi connectivity index (χ4v) is 1.85. The van der Waals surface area contributed by atoms with Gasteiger partial charge >= 0.3 is 29.6 Å². The second-order valence-corrected chi connectivity index (χ2v) is 5.00. The fraction of sp³-hybridized carbons (Fsp3) is 0.500. The van der Waals surface area contributed by atoms with Gasteiger partial charge in [0.05, 0.1) is 0 Å².